The summed E-state index contributed by atoms with van der Waals surface area (Å²) >= 11 is 0. The fourth-order valence-corrected chi connectivity index (χ4v) is 2.51. The minimum Gasteiger partial charge on any atom is -0.497 e. The van der Waals surface area contributed by atoms with Crippen LogP contribution in [0.15, 0.2) is 42.7 Å². The molecular weight excluding hydrogens is 269 g/mol. The summed E-state index contributed by atoms with van der Waals surface area (Å²) in [6.07, 6.45) is 3.49. The number of nitrogens with one attached hydrogen (secondary N) is 2. The molecule has 0 bridgehead atoms. The average molecular weight is 285 g/mol. The molecule has 1 aromatic heterocycles. The third-order valence-corrected chi connectivity index (χ3v) is 3.50. The van der Waals surface area contributed by atoms with Gasteiger partial charge >= 0.3 is 0 Å². The second-order valence-electron chi connectivity index (χ2n) is 4.90. The number of benzene rings is 1. The van der Waals surface area contributed by atoms with E-state index in [4.69, 9.17) is 4.74 Å². The predicted octanol–water partition coefficient (Wildman–Crippen LogP) is 2.59. The third kappa shape index (κ3) is 2.60. The number of ether oxygens (including phenoxy) is 1. The lowest BCUT2D eigenvalue weighted by molar-refractivity contribution is 0.411. The van der Waals surface area contributed by atoms with Crippen molar-refractivity contribution in [1.29, 1.82) is 0 Å². The van der Waals surface area contributed by atoms with Crippen molar-refractivity contribution >= 4 is 11.3 Å². The Balaban J connectivity index is 2.14. The molecule has 4 nitrogen and oxygen atoms in total. The molecule has 1 aromatic carbocycles. The summed E-state index contributed by atoms with van der Waals surface area (Å²) in [6, 6.07) is 8.66. The minimum atomic E-state index is -0.327. The van der Waals surface area contributed by atoms with E-state index in [1.165, 1.54) is 19.2 Å². The van der Waals surface area contributed by atoms with Gasteiger partial charge in [0.25, 0.3) is 0 Å². The highest BCUT2D eigenvalue weighted by atomic mass is 19.1. The van der Waals surface area contributed by atoms with Crippen molar-refractivity contribution in [3.8, 4) is 5.75 Å². The monoisotopic (exact) mass is 285 g/mol. The van der Waals surface area contributed by atoms with Crippen LogP contribution in [0.1, 0.15) is 18.1 Å². The molecule has 5 heteroatoms. The zero-order valence-corrected chi connectivity index (χ0v) is 11.9. The standard InChI is InChI=1S/C16H16FN3O/c1-10-15(11-3-5-18-6-4-11)16(20-19-10)12-7-13(17)9-14(8-12)21-2/h3-10,19-20H,1-2H3. The zero-order valence-electron chi connectivity index (χ0n) is 11.9. The topological polar surface area (TPSA) is 46.2 Å². The van der Waals surface area contributed by atoms with Crippen LogP contribution in [0.2, 0.25) is 0 Å². The van der Waals surface area contributed by atoms with Crippen LogP contribution in [0.25, 0.3) is 11.3 Å². The summed E-state index contributed by atoms with van der Waals surface area (Å²) in [6.45, 7) is 2.05. The number of hydrogen-bond acceptors (Lipinski definition) is 4. The van der Waals surface area contributed by atoms with Gasteiger partial charge in [0.15, 0.2) is 0 Å². The summed E-state index contributed by atoms with van der Waals surface area (Å²) in [4.78, 5) is 4.04. The largest absolute Gasteiger partial charge is 0.497 e. The normalized spacial score (nSPS) is 17.8. The third-order valence-electron chi connectivity index (χ3n) is 3.50. The van der Waals surface area contributed by atoms with Gasteiger partial charge < -0.3 is 10.2 Å². The van der Waals surface area contributed by atoms with Crippen LogP contribution in [-0.4, -0.2) is 18.1 Å². The maximum absolute atomic E-state index is 13.7. The molecule has 0 aliphatic carbocycles. The SMILES string of the molecule is COc1cc(F)cc(C2=C(c3ccncc3)C(C)NN2)c1. The van der Waals surface area contributed by atoms with Gasteiger partial charge in [-0.2, -0.15) is 0 Å². The van der Waals surface area contributed by atoms with Crippen molar-refractivity contribution in [2.75, 3.05) is 7.11 Å². The minimum absolute atomic E-state index is 0.108. The van der Waals surface area contributed by atoms with Crippen molar-refractivity contribution in [3.05, 3.63) is 59.7 Å². The molecule has 0 spiro atoms. The molecule has 0 amide bonds. The Morgan fingerprint density at radius 3 is 2.62 bits per heavy atom. The molecule has 1 atom stereocenters. The lowest BCUT2D eigenvalue weighted by Crippen LogP contribution is -2.29. The van der Waals surface area contributed by atoms with Crippen molar-refractivity contribution in [2.45, 2.75) is 13.0 Å². The number of nitrogens with zero attached hydrogens (tertiary/aromatic N) is 1. The van der Waals surface area contributed by atoms with Gasteiger partial charge in [0, 0.05) is 29.6 Å². The van der Waals surface area contributed by atoms with Gasteiger partial charge in [-0.1, -0.05) is 0 Å². The van der Waals surface area contributed by atoms with Crippen molar-refractivity contribution in [3.63, 3.8) is 0 Å². The molecule has 1 unspecified atom stereocenters. The Morgan fingerprint density at radius 1 is 1.14 bits per heavy atom. The first-order valence-corrected chi connectivity index (χ1v) is 6.70. The lowest BCUT2D eigenvalue weighted by Gasteiger charge is -2.10. The van der Waals surface area contributed by atoms with E-state index in [1.807, 2.05) is 25.1 Å². The van der Waals surface area contributed by atoms with Gasteiger partial charge in [-0.3, -0.25) is 4.98 Å². The van der Waals surface area contributed by atoms with E-state index in [0.717, 1.165) is 22.4 Å². The Bertz CT molecular complexity index is 685. The second-order valence-corrected chi connectivity index (χ2v) is 4.90. The first-order valence-electron chi connectivity index (χ1n) is 6.70. The average Bonchev–Trinajstić information content (AvgIpc) is 2.89. The Kier molecular flexibility index (Phi) is 3.58. The summed E-state index contributed by atoms with van der Waals surface area (Å²) in [5, 5.41) is 0. The number of methoxy groups -OCH3 is 1. The molecule has 2 aromatic rings. The van der Waals surface area contributed by atoms with Gasteiger partial charge in [0.2, 0.25) is 0 Å². The van der Waals surface area contributed by atoms with Crippen molar-refractivity contribution in [1.82, 2.24) is 15.8 Å². The number of hydrazine groups is 1. The summed E-state index contributed by atoms with van der Waals surface area (Å²) in [7, 11) is 1.53. The molecule has 2 heterocycles. The maximum atomic E-state index is 13.7. The van der Waals surface area contributed by atoms with E-state index in [9.17, 15) is 4.39 Å². The van der Waals surface area contributed by atoms with Gasteiger partial charge in [-0.15, -0.1) is 0 Å². The molecule has 3 rings (SSSR count). The van der Waals surface area contributed by atoms with Gasteiger partial charge in [0.05, 0.1) is 18.8 Å². The Hall–Kier alpha value is -2.40. The van der Waals surface area contributed by atoms with Crippen LogP contribution in [0.5, 0.6) is 5.75 Å². The number of halogens is 1. The van der Waals surface area contributed by atoms with Crippen LogP contribution in [0.4, 0.5) is 4.39 Å². The first kappa shape index (κ1) is 13.6. The molecule has 2 N–H and O–H groups in total. The Labute approximate surface area is 122 Å². The highest BCUT2D eigenvalue weighted by Crippen LogP contribution is 2.32. The van der Waals surface area contributed by atoms with E-state index < -0.39 is 0 Å². The van der Waals surface area contributed by atoms with E-state index in [1.54, 1.807) is 12.4 Å². The van der Waals surface area contributed by atoms with Crippen LogP contribution in [0.3, 0.4) is 0 Å². The number of rotatable bonds is 3. The van der Waals surface area contributed by atoms with Gasteiger partial charge in [-0.05, 0) is 36.8 Å². The number of hydrogen-bond donors (Lipinski definition) is 2. The van der Waals surface area contributed by atoms with Crippen molar-refractivity contribution in [2.24, 2.45) is 0 Å². The first-order chi connectivity index (χ1) is 10.2. The molecule has 1 aliphatic heterocycles. The highest BCUT2D eigenvalue weighted by Gasteiger charge is 2.24. The van der Waals surface area contributed by atoms with Crippen LogP contribution in [0, 0.1) is 5.82 Å². The summed E-state index contributed by atoms with van der Waals surface area (Å²) in [5.41, 5.74) is 10.0. The van der Waals surface area contributed by atoms with Gasteiger partial charge in [-0.25, -0.2) is 9.82 Å². The fourth-order valence-electron chi connectivity index (χ4n) is 2.51. The molecule has 0 radical (unpaired) electrons. The van der Waals surface area contributed by atoms with Crippen LogP contribution in [-0.2, 0) is 0 Å². The molecule has 0 saturated carbocycles. The van der Waals surface area contributed by atoms with E-state index >= 15 is 0 Å². The Morgan fingerprint density at radius 2 is 1.90 bits per heavy atom. The number of pyridine rings is 1. The smallest absolute Gasteiger partial charge is 0.127 e. The van der Waals surface area contributed by atoms with Crippen molar-refractivity contribution < 1.29 is 9.13 Å². The van der Waals surface area contributed by atoms with E-state index in [2.05, 4.69) is 15.8 Å². The lowest BCUT2D eigenvalue weighted by atomic mass is 9.97. The van der Waals surface area contributed by atoms with Crippen LogP contribution < -0.4 is 15.6 Å². The molecule has 0 fully saturated rings. The molecule has 0 saturated heterocycles. The summed E-state index contributed by atoms with van der Waals surface area (Å²) < 4.78 is 18.9. The van der Waals surface area contributed by atoms with E-state index in [0.29, 0.717) is 5.75 Å². The quantitative estimate of drug-likeness (QED) is 0.910. The predicted molar refractivity (Wildman–Crippen MR) is 79.7 cm³/mol. The van der Waals surface area contributed by atoms with E-state index in [-0.39, 0.29) is 11.9 Å². The molecule has 108 valence electrons. The fraction of sp³-hybridized carbons (Fsp3) is 0.188. The van der Waals surface area contributed by atoms with Gasteiger partial charge in [0.1, 0.15) is 11.6 Å². The summed E-state index contributed by atoms with van der Waals surface area (Å²) in [5.74, 6) is 0.167. The molecule has 1 aliphatic rings. The molecular formula is C16H16FN3O. The molecule has 21 heavy (non-hydrogen) atoms. The number of aromatic nitrogens is 1. The zero-order chi connectivity index (χ0) is 14.8. The highest BCUT2D eigenvalue weighted by molar-refractivity contribution is 5.93. The second kappa shape index (κ2) is 5.54. The van der Waals surface area contributed by atoms with Crippen LogP contribution >= 0.6 is 0 Å². The maximum Gasteiger partial charge on any atom is 0.127 e.